The Morgan fingerprint density at radius 2 is 1.38 bits per heavy atom. The van der Waals surface area contributed by atoms with Crippen LogP contribution in [0.1, 0.15) is 21.5 Å². The minimum Gasteiger partial charge on any atom is -0.478 e. The van der Waals surface area contributed by atoms with Crippen LogP contribution in [-0.4, -0.2) is 27.2 Å². The molecule has 2 nitrogen and oxygen atoms in total. The first-order chi connectivity index (χ1) is 9.48. The Hall–Kier alpha value is -1.76. The minimum absolute atomic E-state index is 0.258. The van der Waals surface area contributed by atoms with Crippen LogP contribution in [0.5, 0.6) is 0 Å². The molecule has 1 N–H and O–H groups in total. The Morgan fingerprint density at radius 1 is 0.905 bits per heavy atom. The van der Waals surface area contributed by atoms with Crippen molar-refractivity contribution in [1.29, 1.82) is 0 Å². The summed E-state index contributed by atoms with van der Waals surface area (Å²) < 4.78 is 0. The third-order valence-corrected chi connectivity index (χ3v) is 4.16. The molecule has 0 aromatic heterocycles. The molecule has 4 heteroatoms. The van der Waals surface area contributed by atoms with Crippen molar-refractivity contribution >= 4 is 22.1 Å². The van der Waals surface area contributed by atoms with Crippen LogP contribution in [0, 0.1) is 22.9 Å². The highest BCUT2D eigenvalue weighted by Crippen LogP contribution is 2.12. The van der Waals surface area contributed by atoms with E-state index in [-0.39, 0.29) is 5.56 Å². The van der Waals surface area contributed by atoms with Crippen molar-refractivity contribution in [3.8, 4) is 22.9 Å². The second kappa shape index (κ2) is 6.34. The predicted octanol–water partition coefficient (Wildman–Crippen LogP) is 3.84. The van der Waals surface area contributed by atoms with Crippen LogP contribution >= 0.6 is 0 Å². The second-order valence-electron chi connectivity index (χ2n) is 7.07. The zero-order valence-electron chi connectivity index (χ0n) is 13.6. The zero-order valence-corrected chi connectivity index (χ0v) is 15.6. The van der Waals surface area contributed by atoms with Crippen LogP contribution in [0.2, 0.25) is 39.3 Å². The molecule has 0 aliphatic carbocycles. The van der Waals surface area contributed by atoms with Gasteiger partial charge in [0.05, 0.1) is 5.56 Å². The molecule has 0 radical (unpaired) electrons. The van der Waals surface area contributed by atoms with Crippen molar-refractivity contribution in [3.05, 3.63) is 34.9 Å². The molecule has 0 amide bonds. The monoisotopic (exact) mass is 314 g/mol. The normalized spacial score (nSPS) is 11.0. The number of benzene rings is 1. The third-order valence-electron chi connectivity index (χ3n) is 2.41. The highest BCUT2D eigenvalue weighted by atomic mass is 28.3. The molecule has 1 rings (SSSR count). The molecule has 21 heavy (non-hydrogen) atoms. The molecule has 0 aliphatic rings. The Morgan fingerprint density at radius 3 is 1.81 bits per heavy atom. The largest absolute Gasteiger partial charge is 0.478 e. The van der Waals surface area contributed by atoms with Crippen molar-refractivity contribution in [2.24, 2.45) is 0 Å². The van der Waals surface area contributed by atoms with Crippen LogP contribution in [-0.2, 0) is 0 Å². The number of rotatable bonds is 1. The van der Waals surface area contributed by atoms with E-state index in [1.165, 1.54) is 0 Å². The van der Waals surface area contributed by atoms with E-state index in [2.05, 4.69) is 62.2 Å². The Bertz CT molecular complexity index is 669. The van der Waals surface area contributed by atoms with Gasteiger partial charge >= 0.3 is 5.97 Å². The number of aromatic carboxylic acids is 1. The minimum atomic E-state index is -1.52. The van der Waals surface area contributed by atoms with Gasteiger partial charge in [-0.3, -0.25) is 0 Å². The molecule has 0 aliphatic heterocycles. The molecule has 0 fully saturated rings. The van der Waals surface area contributed by atoms with Gasteiger partial charge in [0.25, 0.3) is 0 Å². The Labute approximate surface area is 129 Å². The van der Waals surface area contributed by atoms with Gasteiger partial charge in [-0.15, -0.1) is 11.1 Å². The number of carboxylic acids is 1. The first-order valence-corrected chi connectivity index (χ1v) is 13.9. The topological polar surface area (TPSA) is 37.3 Å². The summed E-state index contributed by atoms with van der Waals surface area (Å²) in [5.74, 6) is 5.40. The van der Waals surface area contributed by atoms with Gasteiger partial charge in [-0.05, 0) is 18.2 Å². The molecule has 1 aromatic carbocycles. The maximum atomic E-state index is 11.1. The quantitative estimate of drug-likeness (QED) is 0.631. The van der Waals surface area contributed by atoms with Crippen LogP contribution in [0.3, 0.4) is 0 Å². The molecule has 0 atom stereocenters. The third kappa shape index (κ3) is 6.49. The number of hydrogen-bond acceptors (Lipinski definition) is 1. The molecule has 0 heterocycles. The summed E-state index contributed by atoms with van der Waals surface area (Å²) in [5.41, 5.74) is 8.40. The summed E-state index contributed by atoms with van der Waals surface area (Å²) in [4.78, 5) is 11.1. The molecule has 110 valence electrons. The van der Waals surface area contributed by atoms with Crippen molar-refractivity contribution in [1.82, 2.24) is 0 Å². The van der Waals surface area contributed by atoms with Crippen molar-refractivity contribution in [2.75, 3.05) is 0 Å². The summed E-state index contributed by atoms with van der Waals surface area (Å²) in [6.45, 7) is 13.0. The van der Waals surface area contributed by atoms with Gasteiger partial charge in [-0.25, -0.2) is 4.79 Å². The Balaban J connectivity index is 3.38. The molecule has 1 aromatic rings. The van der Waals surface area contributed by atoms with Gasteiger partial charge in [-0.2, -0.15) is 0 Å². The predicted molar refractivity (Wildman–Crippen MR) is 93.8 cm³/mol. The van der Waals surface area contributed by atoms with Crippen molar-refractivity contribution in [3.63, 3.8) is 0 Å². The number of carboxylic acid groups (broad SMARTS) is 1. The van der Waals surface area contributed by atoms with E-state index in [9.17, 15) is 4.79 Å². The lowest BCUT2D eigenvalue weighted by molar-refractivity contribution is 0.0697. The fraction of sp³-hybridized carbons (Fsp3) is 0.353. The van der Waals surface area contributed by atoms with E-state index < -0.39 is 22.1 Å². The highest BCUT2D eigenvalue weighted by Gasteiger charge is 2.11. The fourth-order valence-electron chi connectivity index (χ4n) is 1.40. The molecule has 0 saturated carbocycles. The lowest BCUT2D eigenvalue weighted by Crippen LogP contribution is -2.17. The lowest BCUT2D eigenvalue weighted by atomic mass is 10.1. The molecular weight excluding hydrogens is 292 g/mol. The molecular formula is C17H22O2Si2. The van der Waals surface area contributed by atoms with Crippen LogP contribution in [0.15, 0.2) is 18.2 Å². The zero-order chi connectivity index (χ0) is 16.3. The van der Waals surface area contributed by atoms with E-state index in [1.807, 2.05) is 0 Å². The summed E-state index contributed by atoms with van der Waals surface area (Å²) in [7, 11) is -2.99. The smallest absolute Gasteiger partial charge is 0.335 e. The molecule has 0 unspecified atom stereocenters. The van der Waals surface area contributed by atoms with E-state index in [4.69, 9.17) is 5.11 Å². The van der Waals surface area contributed by atoms with Crippen LogP contribution in [0.25, 0.3) is 0 Å². The number of hydrogen-bond donors (Lipinski definition) is 1. The summed E-state index contributed by atoms with van der Waals surface area (Å²) in [6, 6.07) is 4.99. The molecule has 0 bridgehead atoms. The SMILES string of the molecule is C[Si](C)(C)C#Cc1ccc(C(=O)O)cc1C#C[Si](C)(C)C. The maximum Gasteiger partial charge on any atom is 0.335 e. The lowest BCUT2D eigenvalue weighted by Gasteiger charge is -2.06. The van der Waals surface area contributed by atoms with Crippen molar-refractivity contribution in [2.45, 2.75) is 39.3 Å². The van der Waals surface area contributed by atoms with Gasteiger partial charge in [-0.1, -0.05) is 51.1 Å². The van der Waals surface area contributed by atoms with Gasteiger partial charge < -0.3 is 5.11 Å². The molecule has 0 spiro atoms. The van der Waals surface area contributed by atoms with E-state index in [0.717, 1.165) is 11.1 Å². The standard InChI is InChI=1S/C17H22O2Si2/c1-20(2,3)11-9-14-7-8-16(17(18)19)13-15(14)10-12-21(4,5)6/h7-8,13H,1-6H3,(H,18,19). The van der Waals surface area contributed by atoms with Crippen LogP contribution in [0.4, 0.5) is 0 Å². The Kier molecular flexibility index (Phi) is 5.22. The molecule has 0 saturated heterocycles. The average molecular weight is 315 g/mol. The summed E-state index contributed by atoms with van der Waals surface area (Å²) in [5, 5.41) is 9.12. The van der Waals surface area contributed by atoms with Crippen molar-refractivity contribution < 1.29 is 9.90 Å². The second-order valence-corrected chi connectivity index (χ2v) is 16.6. The van der Waals surface area contributed by atoms with Crippen LogP contribution < -0.4 is 0 Å². The van der Waals surface area contributed by atoms with Gasteiger partial charge in [0.15, 0.2) is 0 Å². The van der Waals surface area contributed by atoms with Gasteiger partial charge in [0.2, 0.25) is 0 Å². The summed E-state index contributed by atoms with van der Waals surface area (Å²) in [6.07, 6.45) is 0. The highest BCUT2D eigenvalue weighted by molar-refractivity contribution is 6.84. The summed E-state index contributed by atoms with van der Waals surface area (Å²) >= 11 is 0. The first-order valence-electron chi connectivity index (χ1n) is 6.92. The fourth-order valence-corrected chi connectivity index (χ4v) is 2.42. The van der Waals surface area contributed by atoms with Gasteiger partial charge in [0, 0.05) is 11.1 Å². The average Bonchev–Trinajstić information content (AvgIpc) is 2.32. The number of carbonyl (C=O) groups is 1. The first kappa shape index (κ1) is 17.3. The van der Waals surface area contributed by atoms with E-state index in [0.29, 0.717) is 0 Å². The maximum absolute atomic E-state index is 11.1. The van der Waals surface area contributed by atoms with E-state index >= 15 is 0 Å². The van der Waals surface area contributed by atoms with E-state index in [1.54, 1.807) is 18.2 Å². The van der Waals surface area contributed by atoms with Gasteiger partial charge in [0.1, 0.15) is 16.1 Å².